The van der Waals surface area contributed by atoms with Crippen LogP contribution in [-0.4, -0.2) is 35.6 Å². The van der Waals surface area contributed by atoms with E-state index in [1.54, 1.807) is 0 Å². The van der Waals surface area contributed by atoms with E-state index in [1.807, 2.05) is 12.3 Å². The molecule has 0 amide bonds. The van der Waals surface area contributed by atoms with E-state index in [1.165, 1.54) is 11.1 Å². The molecule has 2 atom stereocenters. The molecule has 0 radical (unpaired) electrons. The lowest BCUT2D eigenvalue weighted by atomic mass is 9.95. The van der Waals surface area contributed by atoms with E-state index in [0.717, 1.165) is 51.1 Å². The van der Waals surface area contributed by atoms with Gasteiger partial charge in [-0.2, -0.15) is 0 Å². The van der Waals surface area contributed by atoms with Crippen molar-refractivity contribution in [3.63, 3.8) is 0 Å². The van der Waals surface area contributed by atoms with Gasteiger partial charge in [-0.05, 0) is 62.5 Å². The molecule has 134 valence electrons. The first-order valence-electron chi connectivity index (χ1n) is 9.43. The molecular weight excluding hydrogens is 308 g/mol. The summed E-state index contributed by atoms with van der Waals surface area (Å²) >= 11 is 0. The zero-order valence-electron chi connectivity index (χ0n) is 15.2. The molecule has 3 N–H and O–H groups in total. The topological polar surface area (TPSA) is 54.2 Å². The Bertz CT molecular complexity index is 643. The van der Waals surface area contributed by atoms with Gasteiger partial charge in [0.25, 0.3) is 0 Å². The van der Waals surface area contributed by atoms with Crippen LogP contribution in [0, 0.1) is 0 Å². The zero-order chi connectivity index (χ0) is 17.5. The molecule has 1 aliphatic heterocycles. The number of unbranched alkanes of at least 4 members (excludes halogenated alkanes) is 1. The molecule has 25 heavy (non-hydrogen) atoms. The lowest BCUT2D eigenvalue weighted by Crippen LogP contribution is -2.45. The summed E-state index contributed by atoms with van der Waals surface area (Å²) in [5, 5.41) is 3.72. The quantitative estimate of drug-likeness (QED) is 0.727. The number of pyridine rings is 1. The van der Waals surface area contributed by atoms with Gasteiger partial charge in [-0.15, -0.1) is 0 Å². The average Bonchev–Trinajstić information content (AvgIpc) is 2.67. The molecule has 0 spiro atoms. The zero-order valence-corrected chi connectivity index (χ0v) is 15.2. The van der Waals surface area contributed by atoms with Crippen molar-refractivity contribution in [2.75, 3.05) is 19.6 Å². The summed E-state index contributed by atoms with van der Waals surface area (Å²) in [4.78, 5) is 7.13. The number of rotatable bonds is 8. The van der Waals surface area contributed by atoms with Crippen LogP contribution in [0.15, 0.2) is 48.7 Å². The van der Waals surface area contributed by atoms with Crippen LogP contribution in [0.3, 0.4) is 0 Å². The number of hydrogen-bond acceptors (Lipinski definition) is 4. The van der Waals surface area contributed by atoms with Crippen molar-refractivity contribution >= 4 is 0 Å². The molecule has 0 aliphatic carbocycles. The van der Waals surface area contributed by atoms with Crippen molar-refractivity contribution in [1.29, 1.82) is 0 Å². The largest absolute Gasteiger partial charge is 0.330 e. The minimum absolute atomic E-state index is 0.318. The second kappa shape index (κ2) is 9.09. The van der Waals surface area contributed by atoms with E-state index < -0.39 is 0 Å². The number of fused-ring (bicyclic) bond motifs is 1. The summed E-state index contributed by atoms with van der Waals surface area (Å²) in [6.45, 7) is 6.10. The molecule has 4 nitrogen and oxygen atoms in total. The van der Waals surface area contributed by atoms with Crippen LogP contribution in [0.25, 0.3) is 0 Å². The smallest absolute Gasteiger partial charge is 0.0572 e. The van der Waals surface area contributed by atoms with Crippen molar-refractivity contribution in [1.82, 2.24) is 15.2 Å². The normalized spacial score (nSPS) is 18.1. The molecule has 4 heteroatoms. The first-order valence-corrected chi connectivity index (χ1v) is 9.43. The van der Waals surface area contributed by atoms with Gasteiger partial charge < -0.3 is 11.1 Å². The third kappa shape index (κ3) is 4.88. The lowest BCUT2D eigenvalue weighted by Gasteiger charge is -2.35. The van der Waals surface area contributed by atoms with Gasteiger partial charge in [-0.1, -0.05) is 30.3 Å². The van der Waals surface area contributed by atoms with Crippen LogP contribution in [0.4, 0.5) is 0 Å². The molecular formula is C21H30N4. The Morgan fingerprint density at radius 2 is 1.96 bits per heavy atom. The summed E-state index contributed by atoms with van der Waals surface area (Å²) in [6.07, 6.45) is 5.20. The van der Waals surface area contributed by atoms with E-state index in [2.05, 4.69) is 58.5 Å². The monoisotopic (exact) mass is 338 g/mol. The highest BCUT2D eigenvalue weighted by atomic mass is 15.2. The lowest BCUT2D eigenvalue weighted by molar-refractivity contribution is 0.177. The van der Waals surface area contributed by atoms with E-state index in [-0.39, 0.29) is 0 Å². The van der Waals surface area contributed by atoms with Crippen LogP contribution >= 0.6 is 0 Å². The van der Waals surface area contributed by atoms with E-state index in [9.17, 15) is 0 Å². The van der Waals surface area contributed by atoms with Crippen LogP contribution in [0.5, 0.6) is 0 Å². The van der Waals surface area contributed by atoms with Gasteiger partial charge in [0.1, 0.15) is 0 Å². The minimum Gasteiger partial charge on any atom is -0.330 e. The molecule has 1 aromatic heterocycles. The Morgan fingerprint density at radius 1 is 1.16 bits per heavy atom. The molecule has 0 bridgehead atoms. The molecule has 2 heterocycles. The fraction of sp³-hybridized carbons (Fsp3) is 0.476. The maximum atomic E-state index is 5.70. The summed E-state index contributed by atoms with van der Waals surface area (Å²) in [5.41, 5.74) is 9.76. The third-order valence-electron chi connectivity index (χ3n) is 5.18. The Kier molecular flexibility index (Phi) is 6.56. The molecule has 0 fully saturated rings. The van der Waals surface area contributed by atoms with Crippen LogP contribution < -0.4 is 11.1 Å². The molecule has 1 unspecified atom stereocenters. The number of benzene rings is 1. The van der Waals surface area contributed by atoms with Crippen molar-refractivity contribution in [3.8, 4) is 0 Å². The van der Waals surface area contributed by atoms with Crippen molar-refractivity contribution in [3.05, 3.63) is 65.5 Å². The Morgan fingerprint density at radius 3 is 2.72 bits per heavy atom. The predicted molar refractivity (Wildman–Crippen MR) is 103 cm³/mol. The Labute approximate surface area is 151 Å². The molecule has 1 aliphatic rings. The number of hydrogen-bond donors (Lipinski definition) is 2. The highest BCUT2D eigenvalue weighted by Gasteiger charge is 2.23. The Hall–Kier alpha value is -1.75. The van der Waals surface area contributed by atoms with E-state index in [4.69, 9.17) is 5.73 Å². The van der Waals surface area contributed by atoms with Gasteiger partial charge in [0.05, 0.1) is 5.69 Å². The van der Waals surface area contributed by atoms with Crippen molar-refractivity contribution in [2.24, 2.45) is 5.73 Å². The molecule has 1 aromatic carbocycles. The number of nitrogens with two attached hydrogens (primary N) is 1. The van der Waals surface area contributed by atoms with E-state index >= 15 is 0 Å². The molecule has 0 saturated heterocycles. The first-order chi connectivity index (χ1) is 12.3. The van der Waals surface area contributed by atoms with E-state index in [0.29, 0.717) is 12.1 Å². The second-order valence-corrected chi connectivity index (χ2v) is 6.97. The van der Waals surface area contributed by atoms with Crippen LogP contribution in [0.2, 0.25) is 0 Å². The fourth-order valence-electron chi connectivity index (χ4n) is 3.65. The van der Waals surface area contributed by atoms with Crippen molar-refractivity contribution in [2.45, 2.75) is 44.8 Å². The van der Waals surface area contributed by atoms with Gasteiger partial charge in [0, 0.05) is 31.4 Å². The summed E-state index contributed by atoms with van der Waals surface area (Å²) in [7, 11) is 0. The maximum absolute atomic E-state index is 5.70. The predicted octanol–water partition coefficient (Wildman–Crippen LogP) is 2.90. The van der Waals surface area contributed by atoms with Crippen molar-refractivity contribution < 1.29 is 0 Å². The molecule has 3 rings (SSSR count). The second-order valence-electron chi connectivity index (χ2n) is 6.97. The number of aromatic nitrogens is 1. The van der Waals surface area contributed by atoms with Gasteiger partial charge in [-0.25, -0.2) is 0 Å². The Balaban J connectivity index is 1.67. The van der Waals surface area contributed by atoms with Gasteiger partial charge in [0.2, 0.25) is 0 Å². The van der Waals surface area contributed by atoms with Crippen LogP contribution in [-0.2, 0) is 13.0 Å². The first kappa shape index (κ1) is 18.1. The SMILES string of the molecule is CC(c1ccccn1)N(CCCCN)C[C@H]1Cc2ccccc2CN1. The minimum atomic E-state index is 0.318. The number of nitrogens with one attached hydrogen (secondary N) is 1. The summed E-state index contributed by atoms with van der Waals surface area (Å²) in [6, 6.07) is 15.8. The fourth-order valence-corrected chi connectivity index (χ4v) is 3.65. The standard InChI is InChI=1S/C21H30N4/c1-17(21-10-4-6-12-23-21)25(13-7-5-11-22)16-20-14-18-8-2-3-9-19(18)15-24-20/h2-4,6,8-10,12,17,20,24H,5,7,11,13-16,22H2,1H3/t17?,20-/m1/s1. The van der Waals surface area contributed by atoms with Gasteiger partial charge in [-0.3, -0.25) is 9.88 Å². The van der Waals surface area contributed by atoms with Crippen LogP contribution in [0.1, 0.15) is 42.6 Å². The average molecular weight is 338 g/mol. The number of nitrogens with zero attached hydrogens (tertiary/aromatic N) is 2. The van der Waals surface area contributed by atoms with Gasteiger partial charge in [0.15, 0.2) is 0 Å². The highest BCUT2D eigenvalue weighted by Crippen LogP contribution is 2.22. The molecule has 0 saturated carbocycles. The van der Waals surface area contributed by atoms with Gasteiger partial charge >= 0.3 is 0 Å². The highest BCUT2D eigenvalue weighted by molar-refractivity contribution is 5.30. The summed E-state index contributed by atoms with van der Waals surface area (Å²) in [5.74, 6) is 0. The maximum Gasteiger partial charge on any atom is 0.0572 e. The summed E-state index contributed by atoms with van der Waals surface area (Å²) < 4.78 is 0. The third-order valence-corrected chi connectivity index (χ3v) is 5.18. The molecule has 2 aromatic rings.